The number of nitrogens with one attached hydrogen (secondary N) is 1. The molecule has 7 nitrogen and oxygen atoms in total. The molecule has 2 atom stereocenters. The summed E-state index contributed by atoms with van der Waals surface area (Å²) in [5.74, 6) is -0.297. The number of hydrazine groups is 1. The van der Waals surface area contributed by atoms with Gasteiger partial charge in [-0.1, -0.05) is 0 Å². The predicted molar refractivity (Wildman–Crippen MR) is 83.8 cm³/mol. The third-order valence-corrected chi connectivity index (χ3v) is 5.77. The minimum atomic E-state index is -0.680. The average molecular weight is 389 g/mol. The van der Waals surface area contributed by atoms with Gasteiger partial charge in [0.2, 0.25) is 0 Å². The number of esters is 1. The van der Waals surface area contributed by atoms with Crippen LogP contribution in [0.3, 0.4) is 0 Å². The van der Waals surface area contributed by atoms with Crippen molar-refractivity contribution < 1.29 is 14.3 Å². The number of nitrogens with zero attached hydrogens (tertiary/aromatic N) is 2. The molecule has 0 aromatic carbocycles. The summed E-state index contributed by atoms with van der Waals surface area (Å²) in [6.45, 7) is 0. The highest BCUT2D eigenvalue weighted by atomic mass is 79.9. The van der Waals surface area contributed by atoms with Crippen molar-refractivity contribution in [1.29, 1.82) is 0 Å². The van der Waals surface area contributed by atoms with Crippen LogP contribution in [0.15, 0.2) is 9.98 Å². The Morgan fingerprint density at radius 1 is 1.64 bits per heavy atom. The lowest BCUT2D eigenvalue weighted by atomic mass is 9.73. The fraction of sp³-hybridized carbons (Fsp3) is 0.615. The monoisotopic (exact) mass is 388 g/mol. The maximum absolute atomic E-state index is 12.6. The summed E-state index contributed by atoms with van der Waals surface area (Å²) in [7, 11) is 1.35. The molecule has 0 radical (unpaired) electrons. The number of thiazole rings is 1. The van der Waals surface area contributed by atoms with Gasteiger partial charge in [-0.25, -0.2) is 10.4 Å². The van der Waals surface area contributed by atoms with E-state index in [9.17, 15) is 9.59 Å². The fourth-order valence-corrected chi connectivity index (χ4v) is 4.25. The zero-order valence-corrected chi connectivity index (χ0v) is 14.4. The first kappa shape index (κ1) is 15.9. The number of fused-ring (bicyclic) bond motifs is 2. The lowest BCUT2D eigenvalue weighted by molar-refractivity contribution is -0.166. The number of hydrogen-bond donors (Lipinski definition) is 2. The van der Waals surface area contributed by atoms with Gasteiger partial charge < -0.3 is 10.5 Å². The second-order valence-electron chi connectivity index (χ2n) is 5.60. The SMILES string of the molecule is COC(=O)C1NN(C(=O)[C@@H](N)Cc2nc(Br)cs2)C2CC1C2. The highest BCUT2D eigenvalue weighted by molar-refractivity contribution is 9.10. The largest absolute Gasteiger partial charge is 0.468 e. The molecule has 4 rings (SSSR count). The standard InChI is InChI=1S/C13H17BrN4O3S/c1-21-13(20)11-6-2-7(3-6)18(17-11)12(19)8(15)4-10-16-9(14)5-22-10/h5-8,11,17H,2-4,15H2,1H3/t6?,7?,8-,11?/m0/s1. The lowest BCUT2D eigenvalue weighted by Gasteiger charge is -2.52. The Morgan fingerprint density at radius 2 is 2.36 bits per heavy atom. The molecule has 9 heteroatoms. The number of methoxy groups -OCH3 is 1. The van der Waals surface area contributed by atoms with Crippen LogP contribution in [0.25, 0.3) is 0 Å². The summed E-state index contributed by atoms with van der Waals surface area (Å²) in [5.41, 5.74) is 9.01. The van der Waals surface area contributed by atoms with Crippen molar-refractivity contribution in [2.24, 2.45) is 11.7 Å². The molecule has 2 saturated heterocycles. The van der Waals surface area contributed by atoms with Crippen molar-refractivity contribution in [1.82, 2.24) is 15.4 Å². The number of rotatable bonds is 4. The number of aromatic nitrogens is 1. The van der Waals surface area contributed by atoms with E-state index in [0.717, 1.165) is 22.5 Å². The molecule has 1 amide bonds. The quantitative estimate of drug-likeness (QED) is 0.726. The molecule has 22 heavy (non-hydrogen) atoms. The fourth-order valence-electron chi connectivity index (χ4n) is 2.93. The van der Waals surface area contributed by atoms with Crippen LogP contribution in [0.4, 0.5) is 0 Å². The predicted octanol–water partition coefficient (Wildman–Crippen LogP) is 0.442. The summed E-state index contributed by atoms with van der Waals surface area (Å²) >= 11 is 4.74. The molecular weight excluding hydrogens is 372 g/mol. The molecule has 1 aromatic rings. The first-order valence-electron chi connectivity index (χ1n) is 7.02. The highest BCUT2D eigenvalue weighted by Gasteiger charge is 2.50. The second-order valence-corrected chi connectivity index (χ2v) is 7.35. The van der Waals surface area contributed by atoms with Crippen molar-refractivity contribution in [3.8, 4) is 0 Å². The Labute approximate surface area is 140 Å². The molecule has 3 fully saturated rings. The van der Waals surface area contributed by atoms with E-state index in [2.05, 4.69) is 26.3 Å². The number of carbonyl (C=O) groups is 2. The van der Waals surface area contributed by atoms with E-state index in [4.69, 9.17) is 10.5 Å². The Morgan fingerprint density at radius 3 is 2.95 bits per heavy atom. The number of hydrogen-bond acceptors (Lipinski definition) is 7. The Bertz CT molecular complexity index is 590. The third-order valence-electron chi connectivity index (χ3n) is 4.19. The molecular formula is C13H17BrN4O3S. The molecule has 0 spiro atoms. The van der Waals surface area contributed by atoms with Gasteiger partial charge in [0, 0.05) is 17.8 Å². The third kappa shape index (κ3) is 2.90. The average Bonchev–Trinajstić information content (AvgIpc) is 2.89. The molecule has 2 bridgehead atoms. The zero-order valence-electron chi connectivity index (χ0n) is 12.0. The van der Waals surface area contributed by atoms with Crippen molar-refractivity contribution in [2.75, 3.05) is 7.11 Å². The minimum Gasteiger partial charge on any atom is -0.468 e. The van der Waals surface area contributed by atoms with E-state index in [0.29, 0.717) is 6.42 Å². The van der Waals surface area contributed by atoms with E-state index in [1.54, 1.807) is 0 Å². The summed E-state index contributed by atoms with van der Waals surface area (Å²) in [6.07, 6.45) is 2.01. The van der Waals surface area contributed by atoms with Crippen LogP contribution >= 0.6 is 27.3 Å². The molecule has 3 heterocycles. The topological polar surface area (TPSA) is 97.5 Å². The normalized spacial score (nSPS) is 28.0. The first-order chi connectivity index (χ1) is 10.5. The molecule has 1 aliphatic carbocycles. The van der Waals surface area contributed by atoms with E-state index in [1.165, 1.54) is 23.5 Å². The number of ether oxygens (including phenoxy) is 1. The van der Waals surface area contributed by atoms with Crippen molar-refractivity contribution in [3.05, 3.63) is 15.0 Å². The summed E-state index contributed by atoms with van der Waals surface area (Å²) in [5, 5.41) is 4.19. The molecule has 1 saturated carbocycles. The van der Waals surface area contributed by atoms with Crippen LogP contribution in [0, 0.1) is 5.92 Å². The van der Waals surface area contributed by atoms with Gasteiger partial charge in [0.25, 0.3) is 5.91 Å². The van der Waals surface area contributed by atoms with E-state index >= 15 is 0 Å². The Kier molecular flexibility index (Phi) is 4.49. The van der Waals surface area contributed by atoms with Crippen LogP contribution in [-0.2, 0) is 20.7 Å². The Hall–Kier alpha value is -1.03. The Balaban J connectivity index is 1.65. The van der Waals surface area contributed by atoms with E-state index < -0.39 is 12.1 Å². The number of nitrogens with two attached hydrogens (primary N) is 1. The van der Waals surface area contributed by atoms with Gasteiger partial charge >= 0.3 is 5.97 Å². The molecule has 1 aromatic heterocycles. The smallest absolute Gasteiger partial charge is 0.324 e. The van der Waals surface area contributed by atoms with Crippen LogP contribution < -0.4 is 11.2 Å². The zero-order chi connectivity index (χ0) is 15.9. The summed E-state index contributed by atoms with van der Waals surface area (Å²) < 4.78 is 5.53. The van der Waals surface area contributed by atoms with Gasteiger partial charge in [0.1, 0.15) is 10.6 Å². The summed E-state index contributed by atoms with van der Waals surface area (Å²) in [4.78, 5) is 28.6. The van der Waals surface area contributed by atoms with Crippen molar-refractivity contribution >= 4 is 39.1 Å². The minimum absolute atomic E-state index is 0.118. The van der Waals surface area contributed by atoms with Gasteiger partial charge in [0.05, 0.1) is 18.2 Å². The van der Waals surface area contributed by atoms with Gasteiger partial charge in [0.15, 0.2) is 0 Å². The van der Waals surface area contributed by atoms with Crippen LogP contribution in [-0.4, -0.2) is 47.1 Å². The van der Waals surface area contributed by atoms with E-state index in [-0.39, 0.29) is 23.8 Å². The molecule has 2 aliphatic heterocycles. The number of halogens is 1. The van der Waals surface area contributed by atoms with E-state index in [1.807, 2.05) is 5.38 Å². The van der Waals surface area contributed by atoms with Crippen LogP contribution in [0.5, 0.6) is 0 Å². The molecule has 1 unspecified atom stereocenters. The number of amides is 1. The van der Waals surface area contributed by atoms with Gasteiger partial charge in [-0.3, -0.25) is 14.6 Å². The number of carbonyl (C=O) groups excluding carboxylic acids is 2. The summed E-state index contributed by atoms with van der Waals surface area (Å²) in [6, 6.07) is -1.02. The van der Waals surface area contributed by atoms with Crippen LogP contribution in [0.2, 0.25) is 0 Å². The van der Waals surface area contributed by atoms with Gasteiger partial charge in [-0.05, 0) is 34.7 Å². The molecule has 120 valence electrons. The van der Waals surface area contributed by atoms with Gasteiger partial charge in [-0.15, -0.1) is 11.3 Å². The maximum Gasteiger partial charge on any atom is 0.324 e. The van der Waals surface area contributed by atoms with Crippen molar-refractivity contribution in [3.63, 3.8) is 0 Å². The first-order valence-corrected chi connectivity index (χ1v) is 8.69. The molecule has 3 N–H and O–H groups in total. The lowest BCUT2D eigenvalue weighted by Crippen LogP contribution is -2.71. The maximum atomic E-state index is 12.6. The van der Waals surface area contributed by atoms with Crippen LogP contribution in [0.1, 0.15) is 17.8 Å². The molecule has 3 aliphatic rings. The highest BCUT2D eigenvalue weighted by Crippen LogP contribution is 2.38. The second kappa shape index (κ2) is 6.23. The van der Waals surface area contributed by atoms with Crippen molar-refractivity contribution in [2.45, 2.75) is 37.4 Å². The van der Waals surface area contributed by atoms with Gasteiger partial charge in [-0.2, -0.15) is 0 Å².